The van der Waals surface area contributed by atoms with Gasteiger partial charge in [0.25, 0.3) is 0 Å². The van der Waals surface area contributed by atoms with Crippen LogP contribution in [0.3, 0.4) is 0 Å². The fourth-order valence-corrected chi connectivity index (χ4v) is 3.62. The number of hydrogen-bond acceptors (Lipinski definition) is 4. The SMILES string of the molecule is Cc1cc(/C=N\NC(=O)Cc2ccc3c(c2)OCO3)c(C)n1-c1ccc(Br)cc1. The topological polar surface area (TPSA) is 64.8 Å². The van der Waals surface area contributed by atoms with E-state index in [9.17, 15) is 4.79 Å². The lowest BCUT2D eigenvalue weighted by Gasteiger charge is -2.09. The number of nitrogens with one attached hydrogen (secondary N) is 1. The standard InChI is InChI=1S/C22H20BrN3O3/c1-14-9-17(15(2)26(14)19-6-4-18(23)5-7-19)12-24-25-22(27)11-16-3-8-20-21(10-16)29-13-28-20/h3-10,12H,11,13H2,1-2H3,(H,25,27)/b24-12-. The van der Waals surface area contributed by atoms with E-state index in [-0.39, 0.29) is 19.1 Å². The van der Waals surface area contributed by atoms with Crippen molar-refractivity contribution < 1.29 is 14.3 Å². The normalized spacial score (nSPS) is 12.5. The monoisotopic (exact) mass is 453 g/mol. The number of ether oxygens (including phenoxy) is 2. The van der Waals surface area contributed by atoms with Gasteiger partial charge in [0, 0.05) is 27.1 Å². The molecule has 0 fully saturated rings. The van der Waals surface area contributed by atoms with Crippen LogP contribution in [0.15, 0.2) is 58.1 Å². The Labute approximate surface area is 177 Å². The Bertz CT molecular complexity index is 1090. The minimum atomic E-state index is -0.193. The molecule has 0 spiro atoms. The molecule has 0 saturated carbocycles. The summed E-state index contributed by atoms with van der Waals surface area (Å²) in [6.07, 6.45) is 1.89. The third-order valence-electron chi connectivity index (χ3n) is 4.75. The van der Waals surface area contributed by atoms with E-state index in [4.69, 9.17) is 9.47 Å². The lowest BCUT2D eigenvalue weighted by molar-refractivity contribution is -0.120. The number of rotatable bonds is 5. The number of hydrazone groups is 1. The summed E-state index contributed by atoms with van der Waals surface area (Å²) in [5.41, 5.74) is 7.62. The van der Waals surface area contributed by atoms with Crippen LogP contribution in [0.5, 0.6) is 11.5 Å². The smallest absolute Gasteiger partial charge is 0.244 e. The van der Waals surface area contributed by atoms with Gasteiger partial charge in [0.1, 0.15) is 0 Å². The summed E-state index contributed by atoms with van der Waals surface area (Å²) >= 11 is 3.46. The van der Waals surface area contributed by atoms with Crippen LogP contribution >= 0.6 is 15.9 Å². The Morgan fingerprint density at radius 3 is 2.69 bits per heavy atom. The van der Waals surface area contributed by atoms with Gasteiger partial charge in [-0.2, -0.15) is 5.10 Å². The van der Waals surface area contributed by atoms with E-state index >= 15 is 0 Å². The maximum Gasteiger partial charge on any atom is 0.244 e. The molecule has 0 atom stereocenters. The number of nitrogens with zero attached hydrogens (tertiary/aromatic N) is 2. The third-order valence-corrected chi connectivity index (χ3v) is 5.28. The molecule has 0 bridgehead atoms. The molecule has 29 heavy (non-hydrogen) atoms. The molecule has 3 aromatic rings. The average Bonchev–Trinajstić information content (AvgIpc) is 3.27. The van der Waals surface area contributed by atoms with E-state index in [0.29, 0.717) is 11.5 Å². The zero-order chi connectivity index (χ0) is 20.4. The number of amides is 1. The molecule has 1 amide bonds. The number of hydrogen-bond donors (Lipinski definition) is 1. The zero-order valence-electron chi connectivity index (χ0n) is 16.1. The van der Waals surface area contributed by atoms with Crippen LogP contribution in [0.4, 0.5) is 0 Å². The van der Waals surface area contributed by atoms with Gasteiger partial charge in [-0.15, -0.1) is 0 Å². The third kappa shape index (κ3) is 4.19. The van der Waals surface area contributed by atoms with E-state index in [2.05, 4.69) is 43.2 Å². The highest BCUT2D eigenvalue weighted by Crippen LogP contribution is 2.32. The van der Waals surface area contributed by atoms with E-state index in [1.165, 1.54) is 0 Å². The van der Waals surface area contributed by atoms with Gasteiger partial charge in [-0.05, 0) is 61.9 Å². The van der Waals surface area contributed by atoms with Gasteiger partial charge >= 0.3 is 0 Å². The average molecular weight is 454 g/mol. The van der Waals surface area contributed by atoms with Crippen molar-refractivity contribution in [1.29, 1.82) is 0 Å². The Morgan fingerprint density at radius 2 is 1.90 bits per heavy atom. The van der Waals surface area contributed by atoms with Crippen molar-refractivity contribution in [1.82, 2.24) is 9.99 Å². The fourth-order valence-electron chi connectivity index (χ4n) is 3.36. The number of aryl methyl sites for hydroxylation is 1. The summed E-state index contributed by atoms with van der Waals surface area (Å²) in [4.78, 5) is 12.2. The molecule has 1 aromatic heterocycles. The number of aromatic nitrogens is 1. The predicted octanol–water partition coefficient (Wildman–Crippen LogP) is 4.28. The van der Waals surface area contributed by atoms with Crippen LogP contribution in [0.1, 0.15) is 22.5 Å². The number of carbonyl (C=O) groups excluding carboxylic acids is 1. The molecule has 6 nitrogen and oxygen atoms in total. The van der Waals surface area contributed by atoms with Gasteiger partial charge in [-0.3, -0.25) is 4.79 Å². The maximum atomic E-state index is 12.2. The van der Waals surface area contributed by atoms with Crippen molar-refractivity contribution in [3.63, 3.8) is 0 Å². The van der Waals surface area contributed by atoms with E-state index in [1.807, 2.05) is 50.2 Å². The second-order valence-corrected chi connectivity index (χ2v) is 7.71. The van der Waals surface area contributed by atoms with Crippen molar-refractivity contribution in [3.05, 3.63) is 75.5 Å². The highest BCUT2D eigenvalue weighted by molar-refractivity contribution is 9.10. The zero-order valence-corrected chi connectivity index (χ0v) is 17.7. The molecular formula is C22H20BrN3O3. The molecule has 0 radical (unpaired) electrons. The van der Waals surface area contributed by atoms with Gasteiger partial charge in [-0.25, -0.2) is 5.43 Å². The molecule has 0 aliphatic carbocycles. The van der Waals surface area contributed by atoms with Crippen molar-refractivity contribution >= 4 is 28.1 Å². The minimum Gasteiger partial charge on any atom is -0.454 e. The summed E-state index contributed by atoms with van der Waals surface area (Å²) in [6, 6.07) is 15.7. The highest BCUT2D eigenvalue weighted by Gasteiger charge is 2.14. The highest BCUT2D eigenvalue weighted by atomic mass is 79.9. The molecule has 2 heterocycles. The van der Waals surface area contributed by atoms with Crippen molar-refractivity contribution in [2.45, 2.75) is 20.3 Å². The number of halogens is 1. The molecule has 4 rings (SSSR count). The first-order chi connectivity index (χ1) is 14.0. The number of benzene rings is 2. The van der Waals surface area contributed by atoms with Crippen LogP contribution in [-0.2, 0) is 11.2 Å². The Hall–Kier alpha value is -3.06. The summed E-state index contributed by atoms with van der Waals surface area (Å²) in [5.74, 6) is 1.18. The van der Waals surface area contributed by atoms with Crippen molar-refractivity contribution in [2.24, 2.45) is 5.10 Å². The summed E-state index contributed by atoms with van der Waals surface area (Å²) < 4.78 is 13.8. The molecule has 2 aromatic carbocycles. The van der Waals surface area contributed by atoms with Crippen LogP contribution in [-0.4, -0.2) is 23.5 Å². The number of carbonyl (C=O) groups is 1. The lowest BCUT2D eigenvalue weighted by Crippen LogP contribution is -2.19. The molecule has 1 N–H and O–H groups in total. The molecule has 1 aliphatic rings. The van der Waals surface area contributed by atoms with Crippen LogP contribution < -0.4 is 14.9 Å². The molecule has 7 heteroatoms. The van der Waals surface area contributed by atoms with E-state index in [1.54, 1.807) is 6.21 Å². The fraction of sp³-hybridized carbons (Fsp3) is 0.182. The van der Waals surface area contributed by atoms with Crippen LogP contribution in [0, 0.1) is 13.8 Å². The van der Waals surface area contributed by atoms with Crippen LogP contribution in [0.25, 0.3) is 5.69 Å². The molecule has 0 unspecified atom stereocenters. The summed E-state index contributed by atoms with van der Waals surface area (Å²) in [5, 5.41) is 4.13. The van der Waals surface area contributed by atoms with Crippen molar-refractivity contribution in [2.75, 3.05) is 6.79 Å². The predicted molar refractivity (Wildman–Crippen MR) is 115 cm³/mol. The largest absolute Gasteiger partial charge is 0.454 e. The summed E-state index contributed by atoms with van der Waals surface area (Å²) in [7, 11) is 0. The lowest BCUT2D eigenvalue weighted by atomic mass is 10.1. The van der Waals surface area contributed by atoms with Gasteiger partial charge in [0.15, 0.2) is 11.5 Å². The summed E-state index contributed by atoms with van der Waals surface area (Å²) in [6.45, 7) is 4.30. The molecular weight excluding hydrogens is 434 g/mol. The minimum absolute atomic E-state index is 0.193. The van der Waals surface area contributed by atoms with E-state index < -0.39 is 0 Å². The molecule has 1 aliphatic heterocycles. The quantitative estimate of drug-likeness (QED) is 0.463. The Morgan fingerprint density at radius 1 is 1.14 bits per heavy atom. The van der Waals surface area contributed by atoms with Gasteiger partial charge in [-0.1, -0.05) is 22.0 Å². The first kappa shape index (κ1) is 19.3. The Kier molecular flexibility index (Phi) is 5.40. The van der Waals surface area contributed by atoms with Crippen molar-refractivity contribution in [3.8, 4) is 17.2 Å². The maximum absolute atomic E-state index is 12.2. The van der Waals surface area contributed by atoms with E-state index in [0.717, 1.165) is 32.7 Å². The molecule has 148 valence electrons. The van der Waals surface area contributed by atoms with Gasteiger partial charge in [0.05, 0.1) is 12.6 Å². The first-order valence-electron chi connectivity index (χ1n) is 9.16. The molecule has 0 saturated heterocycles. The second-order valence-electron chi connectivity index (χ2n) is 6.80. The second kappa shape index (κ2) is 8.13. The van der Waals surface area contributed by atoms with Gasteiger partial charge in [0.2, 0.25) is 12.7 Å². The number of fused-ring (bicyclic) bond motifs is 1. The van der Waals surface area contributed by atoms with Gasteiger partial charge < -0.3 is 14.0 Å². The Balaban J connectivity index is 1.42. The first-order valence-corrected chi connectivity index (χ1v) is 9.96. The van der Waals surface area contributed by atoms with Crippen LogP contribution in [0.2, 0.25) is 0 Å².